The van der Waals surface area contributed by atoms with Crippen LogP contribution in [-0.2, 0) is 4.79 Å². The first-order valence-corrected chi connectivity index (χ1v) is 9.15. The molecule has 0 saturated carbocycles. The van der Waals surface area contributed by atoms with Gasteiger partial charge in [-0.2, -0.15) is 0 Å². The topological polar surface area (TPSA) is 75.4 Å². The Labute approximate surface area is 159 Å². The van der Waals surface area contributed by atoms with Crippen molar-refractivity contribution in [3.63, 3.8) is 0 Å². The van der Waals surface area contributed by atoms with Crippen LogP contribution in [0.2, 0.25) is 0 Å². The van der Waals surface area contributed by atoms with E-state index in [-0.39, 0.29) is 18.3 Å². The minimum absolute atomic E-state index is 0.0221. The smallest absolute Gasteiger partial charge is 0.255 e. The van der Waals surface area contributed by atoms with Crippen LogP contribution in [0.15, 0.2) is 60.7 Å². The number of hydrogen-bond acceptors (Lipinski definition) is 4. The quantitative estimate of drug-likeness (QED) is 0.728. The molecule has 1 atom stereocenters. The number of thiophene rings is 1. The highest BCUT2D eigenvalue weighted by molar-refractivity contribution is 7.15. The van der Waals surface area contributed by atoms with Crippen LogP contribution in [0.4, 0.5) is 10.1 Å². The molecule has 3 N–H and O–H groups in total. The maximum Gasteiger partial charge on any atom is 0.255 e. The van der Waals surface area contributed by atoms with E-state index in [9.17, 15) is 14.0 Å². The predicted octanol–water partition coefficient (Wildman–Crippen LogP) is 3.29. The zero-order chi connectivity index (χ0) is 19.0. The predicted molar refractivity (Wildman–Crippen MR) is 103 cm³/mol. The van der Waals surface area contributed by atoms with Gasteiger partial charge < -0.3 is 16.0 Å². The van der Waals surface area contributed by atoms with Gasteiger partial charge in [-0.25, -0.2) is 4.39 Å². The number of para-hydroxylation sites is 1. The Kier molecular flexibility index (Phi) is 4.37. The van der Waals surface area contributed by atoms with Gasteiger partial charge in [-0.15, -0.1) is 11.3 Å². The first-order chi connectivity index (χ1) is 13.0. The fourth-order valence-electron chi connectivity index (χ4n) is 3.17. The van der Waals surface area contributed by atoms with Crippen molar-refractivity contribution in [2.45, 2.75) is 6.17 Å². The van der Waals surface area contributed by atoms with E-state index >= 15 is 0 Å². The normalized spacial score (nSPS) is 16.0. The lowest BCUT2D eigenvalue weighted by Gasteiger charge is -2.37. The number of halogens is 1. The fourth-order valence-corrected chi connectivity index (χ4v) is 4.25. The largest absolute Gasteiger partial charge is 0.368 e. The summed E-state index contributed by atoms with van der Waals surface area (Å²) >= 11 is 1.47. The third-order valence-corrected chi connectivity index (χ3v) is 5.58. The maximum atomic E-state index is 13.2. The molecule has 0 spiro atoms. The molecular formula is C20H16FN3O2S. The second-order valence-electron chi connectivity index (χ2n) is 6.20. The molecule has 27 heavy (non-hydrogen) atoms. The Balaban J connectivity index is 1.73. The molecule has 0 fully saturated rings. The molecule has 0 radical (unpaired) electrons. The number of rotatable bonds is 4. The number of primary amides is 1. The molecule has 136 valence electrons. The van der Waals surface area contributed by atoms with Crippen LogP contribution in [0.1, 0.15) is 21.4 Å². The zero-order valence-corrected chi connectivity index (χ0v) is 15.0. The zero-order valence-electron chi connectivity index (χ0n) is 14.2. The van der Waals surface area contributed by atoms with E-state index in [1.54, 1.807) is 35.2 Å². The number of nitrogens with two attached hydrogens (primary N) is 1. The van der Waals surface area contributed by atoms with Crippen molar-refractivity contribution < 1.29 is 14.0 Å². The summed E-state index contributed by atoms with van der Waals surface area (Å²) in [6.45, 7) is -0.0221. The Morgan fingerprint density at radius 3 is 2.59 bits per heavy atom. The summed E-state index contributed by atoms with van der Waals surface area (Å²) in [6, 6.07) is 17.2. The fraction of sp³-hybridized carbons (Fsp3) is 0.100. The summed E-state index contributed by atoms with van der Waals surface area (Å²) in [7, 11) is 0. The number of carbonyl (C=O) groups is 2. The van der Waals surface area contributed by atoms with Crippen LogP contribution in [0, 0.1) is 5.82 Å². The van der Waals surface area contributed by atoms with Crippen LogP contribution in [0.3, 0.4) is 0 Å². The summed E-state index contributed by atoms with van der Waals surface area (Å²) in [5, 5.41) is 2.95. The van der Waals surface area contributed by atoms with Crippen molar-refractivity contribution in [2.75, 3.05) is 11.4 Å². The molecule has 1 aromatic heterocycles. The molecule has 2 aromatic carbocycles. The standard InChI is InChI=1S/C20H16FN3O2S/c21-13-7-5-12(6-8-13)16-9-10-17(27-16)19-23-20(26)14-3-1-2-4-15(14)24(19)11-18(22)25/h1-10,19H,11H2,(H2,22,25)(H,23,26). The Bertz CT molecular complexity index is 1020. The summed E-state index contributed by atoms with van der Waals surface area (Å²) in [6.07, 6.45) is -0.501. The van der Waals surface area contributed by atoms with Crippen LogP contribution >= 0.6 is 11.3 Å². The molecule has 1 unspecified atom stereocenters. The van der Waals surface area contributed by atoms with E-state index in [0.717, 1.165) is 15.3 Å². The highest BCUT2D eigenvalue weighted by atomic mass is 32.1. The lowest BCUT2D eigenvalue weighted by molar-refractivity contribution is -0.116. The third kappa shape index (κ3) is 3.29. The highest BCUT2D eigenvalue weighted by Gasteiger charge is 2.33. The molecule has 3 aromatic rings. The van der Waals surface area contributed by atoms with E-state index in [4.69, 9.17) is 5.73 Å². The maximum absolute atomic E-state index is 13.2. The monoisotopic (exact) mass is 381 g/mol. The number of amides is 2. The molecule has 1 aliphatic heterocycles. The number of fused-ring (bicyclic) bond motifs is 1. The Morgan fingerprint density at radius 2 is 1.85 bits per heavy atom. The molecule has 4 rings (SSSR count). The molecule has 7 heteroatoms. The van der Waals surface area contributed by atoms with Gasteiger partial charge in [0.15, 0.2) is 0 Å². The average Bonchev–Trinajstić information content (AvgIpc) is 3.14. The van der Waals surface area contributed by atoms with Crippen LogP contribution in [0.5, 0.6) is 0 Å². The van der Waals surface area contributed by atoms with Crippen LogP contribution < -0.4 is 16.0 Å². The number of anilines is 1. The average molecular weight is 381 g/mol. The Hall–Kier alpha value is -3.19. The van der Waals surface area contributed by atoms with Crippen molar-refractivity contribution in [1.29, 1.82) is 0 Å². The summed E-state index contributed by atoms with van der Waals surface area (Å²) < 4.78 is 13.2. The van der Waals surface area contributed by atoms with Crippen molar-refractivity contribution in [3.8, 4) is 10.4 Å². The number of nitrogens with zero attached hydrogens (tertiary/aromatic N) is 1. The van der Waals surface area contributed by atoms with Gasteiger partial charge in [0, 0.05) is 9.75 Å². The van der Waals surface area contributed by atoms with Crippen LogP contribution in [-0.4, -0.2) is 18.4 Å². The molecule has 1 aliphatic rings. The summed E-state index contributed by atoms with van der Waals surface area (Å²) in [5.41, 5.74) is 7.50. The lowest BCUT2D eigenvalue weighted by Crippen LogP contribution is -2.49. The van der Waals surface area contributed by atoms with E-state index in [1.165, 1.54) is 23.5 Å². The van der Waals surface area contributed by atoms with Gasteiger partial charge in [0.25, 0.3) is 5.91 Å². The van der Waals surface area contributed by atoms with Gasteiger partial charge in [0.05, 0.1) is 17.8 Å². The van der Waals surface area contributed by atoms with Crippen molar-refractivity contribution in [2.24, 2.45) is 5.73 Å². The lowest BCUT2D eigenvalue weighted by atomic mass is 10.1. The van der Waals surface area contributed by atoms with E-state index in [0.29, 0.717) is 11.3 Å². The van der Waals surface area contributed by atoms with Gasteiger partial charge in [0.2, 0.25) is 5.91 Å². The van der Waals surface area contributed by atoms with Gasteiger partial charge in [-0.1, -0.05) is 24.3 Å². The molecule has 2 heterocycles. The second-order valence-corrected chi connectivity index (χ2v) is 7.31. The van der Waals surface area contributed by atoms with Crippen molar-refractivity contribution >= 4 is 28.8 Å². The SMILES string of the molecule is NC(=O)CN1c2ccccc2C(=O)NC1c1ccc(-c2ccc(F)cc2)s1. The number of hydrogen-bond donors (Lipinski definition) is 2. The van der Waals surface area contributed by atoms with Gasteiger partial charge in [-0.05, 0) is 42.0 Å². The number of carbonyl (C=O) groups excluding carboxylic acids is 2. The van der Waals surface area contributed by atoms with Crippen molar-refractivity contribution in [3.05, 3.63) is 76.9 Å². The number of nitrogens with one attached hydrogen (secondary N) is 1. The minimum Gasteiger partial charge on any atom is -0.368 e. The first-order valence-electron chi connectivity index (χ1n) is 8.33. The first kappa shape index (κ1) is 17.2. The highest BCUT2D eigenvalue weighted by Crippen LogP contribution is 2.38. The van der Waals surface area contributed by atoms with E-state index in [2.05, 4.69) is 5.32 Å². The molecule has 5 nitrogen and oxygen atoms in total. The van der Waals surface area contributed by atoms with Gasteiger partial charge in [0.1, 0.15) is 12.0 Å². The summed E-state index contributed by atoms with van der Waals surface area (Å²) in [4.78, 5) is 27.7. The molecule has 0 aliphatic carbocycles. The molecule has 2 amide bonds. The second kappa shape index (κ2) is 6.85. The van der Waals surface area contributed by atoms with Gasteiger partial charge in [-0.3, -0.25) is 9.59 Å². The van der Waals surface area contributed by atoms with E-state index in [1.807, 2.05) is 18.2 Å². The minimum atomic E-state index is -0.501. The van der Waals surface area contributed by atoms with Crippen LogP contribution in [0.25, 0.3) is 10.4 Å². The van der Waals surface area contributed by atoms with Crippen molar-refractivity contribution in [1.82, 2.24) is 5.32 Å². The molecular weight excluding hydrogens is 365 g/mol. The number of benzene rings is 2. The third-order valence-electron chi connectivity index (χ3n) is 4.39. The molecule has 0 bridgehead atoms. The Morgan fingerprint density at radius 1 is 1.11 bits per heavy atom. The summed E-state index contributed by atoms with van der Waals surface area (Å²) in [5.74, 6) is -0.978. The van der Waals surface area contributed by atoms with Gasteiger partial charge >= 0.3 is 0 Å². The molecule has 0 saturated heterocycles. The van der Waals surface area contributed by atoms with E-state index < -0.39 is 12.1 Å².